The molecule has 57 heavy (non-hydrogen) atoms. The Morgan fingerprint density at radius 2 is 0.737 bits per heavy atom. The predicted octanol–water partition coefficient (Wildman–Crippen LogP) is 15.7. The van der Waals surface area contributed by atoms with Crippen molar-refractivity contribution >= 4 is 93.3 Å². The second kappa shape index (κ2) is 12.5. The van der Waals surface area contributed by atoms with Gasteiger partial charge in [-0.3, -0.25) is 0 Å². The SMILES string of the molecule is c1ccc(-c2ccc3c(ccc4cc(-c5ccc6cc(N(c7cccc8c7oc7ccccc78)c7cccc8c7oc7ccccc78)ccc6c5)ccc43)c2)cc1. The lowest BCUT2D eigenvalue weighted by Crippen LogP contribution is -2.10. The summed E-state index contributed by atoms with van der Waals surface area (Å²) in [6.45, 7) is 0. The highest BCUT2D eigenvalue weighted by Gasteiger charge is 2.23. The van der Waals surface area contributed by atoms with Gasteiger partial charge >= 0.3 is 0 Å². The third-order valence-electron chi connectivity index (χ3n) is 11.6. The highest BCUT2D eigenvalue weighted by atomic mass is 16.3. The molecule has 0 bridgehead atoms. The highest BCUT2D eigenvalue weighted by molar-refractivity contribution is 6.14. The zero-order valence-electron chi connectivity index (χ0n) is 30.8. The van der Waals surface area contributed by atoms with Crippen molar-refractivity contribution in [3.05, 3.63) is 200 Å². The molecule has 2 heterocycles. The number of rotatable bonds is 5. The summed E-state index contributed by atoms with van der Waals surface area (Å²) in [4.78, 5) is 2.29. The molecule has 0 aliphatic rings. The zero-order chi connectivity index (χ0) is 37.5. The Labute approximate surface area is 328 Å². The maximum Gasteiger partial charge on any atom is 0.159 e. The first kappa shape index (κ1) is 31.7. The van der Waals surface area contributed by atoms with Gasteiger partial charge in [0.15, 0.2) is 11.2 Å². The molecule has 0 unspecified atom stereocenters. The van der Waals surface area contributed by atoms with E-state index in [1.54, 1.807) is 0 Å². The fourth-order valence-corrected chi connectivity index (χ4v) is 8.84. The molecule has 12 rings (SSSR count). The van der Waals surface area contributed by atoms with E-state index in [0.717, 1.165) is 66.3 Å². The zero-order valence-corrected chi connectivity index (χ0v) is 30.8. The van der Waals surface area contributed by atoms with Crippen molar-refractivity contribution in [1.82, 2.24) is 0 Å². The first-order chi connectivity index (χ1) is 28.2. The quantitative estimate of drug-likeness (QED) is 0.165. The molecule has 0 amide bonds. The molecule has 2 aromatic heterocycles. The largest absolute Gasteiger partial charge is 0.454 e. The van der Waals surface area contributed by atoms with Crippen LogP contribution in [0.1, 0.15) is 0 Å². The number of furan rings is 2. The molecule has 0 spiro atoms. The van der Waals surface area contributed by atoms with E-state index < -0.39 is 0 Å². The van der Waals surface area contributed by atoms with Crippen molar-refractivity contribution in [2.75, 3.05) is 4.90 Å². The van der Waals surface area contributed by atoms with Crippen molar-refractivity contribution in [3.8, 4) is 22.3 Å². The Morgan fingerprint density at radius 1 is 0.281 bits per heavy atom. The monoisotopic (exact) mass is 727 g/mol. The van der Waals surface area contributed by atoms with Gasteiger partial charge in [-0.05, 0) is 109 Å². The summed E-state index contributed by atoms with van der Waals surface area (Å²) >= 11 is 0. The molecule has 0 aliphatic heterocycles. The predicted molar refractivity (Wildman–Crippen MR) is 239 cm³/mol. The van der Waals surface area contributed by atoms with E-state index in [4.69, 9.17) is 8.83 Å². The van der Waals surface area contributed by atoms with Crippen LogP contribution in [0, 0.1) is 0 Å². The lowest BCUT2D eigenvalue weighted by atomic mass is 9.94. The van der Waals surface area contributed by atoms with Gasteiger partial charge in [-0.2, -0.15) is 0 Å². The van der Waals surface area contributed by atoms with Gasteiger partial charge in [0, 0.05) is 27.2 Å². The summed E-state index contributed by atoms with van der Waals surface area (Å²) < 4.78 is 13.3. The van der Waals surface area contributed by atoms with Gasteiger partial charge in [-0.1, -0.05) is 146 Å². The smallest absolute Gasteiger partial charge is 0.159 e. The van der Waals surface area contributed by atoms with Crippen LogP contribution in [0.5, 0.6) is 0 Å². The van der Waals surface area contributed by atoms with Crippen LogP contribution in [0.4, 0.5) is 17.1 Å². The Hall–Kier alpha value is -7.62. The molecule has 0 atom stereocenters. The van der Waals surface area contributed by atoms with Crippen molar-refractivity contribution in [3.63, 3.8) is 0 Å². The Kier molecular flexibility index (Phi) is 6.93. The van der Waals surface area contributed by atoms with E-state index in [-0.39, 0.29) is 0 Å². The van der Waals surface area contributed by atoms with E-state index >= 15 is 0 Å². The van der Waals surface area contributed by atoms with Crippen LogP contribution in [-0.4, -0.2) is 0 Å². The molecule has 0 aliphatic carbocycles. The van der Waals surface area contributed by atoms with Crippen LogP contribution in [0.3, 0.4) is 0 Å². The molecular formula is C54H33NO2. The van der Waals surface area contributed by atoms with E-state index in [1.807, 2.05) is 24.3 Å². The summed E-state index contributed by atoms with van der Waals surface area (Å²) in [7, 11) is 0. The van der Waals surface area contributed by atoms with Crippen LogP contribution in [0.25, 0.3) is 98.4 Å². The molecule has 0 saturated heterocycles. The van der Waals surface area contributed by atoms with Crippen LogP contribution < -0.4 is 4.90 Å². The van der Waals surface area contributed by atoms with Crippen molar-refractivity contribution < 1.29 is 8.83 Å². The summed E-state index contributed by atoms with van der Waals surface area (Å²) in [6, 6.07) is 71.6. The van der Waals surface area contributed by atoms with Gasteiger partial charge in [0.2, 0.25) is 0 Å². The Balaban J connectivity index is 0.975. The molecule has 3 nitrogen and oxygen atoms in total. The molecule has 10 aromatic carbocycles. The summed E-state index contributed by atoms with van der Waals surface area (Å²) in [6.07, 6.45) is 0. The first-order valence-corrected chi connectivity index (χ1v) is 19.4. The van der Waals surface area contributed by atoms with E-state index in [0.29, 0.717) is 0 Å². The molecule has 0 saturated carbocycles. The van der Waals surface area contributed by atoms with Crippen molar-refractivity contribution in [2.45, 2.75) is 0 Å². The number of hydrogen-bond acceptors (Lipinski definition) is 3. The highest BCUT2D eigenvalue weighted by Crippen LogP contribution is 2.46. The summed E-state index contributed by atoms with van der Waals surface area (Å²) in [5.74, 6) is 0. The molecule has 0 fully saturated rings. The second-order valence-electron chi connectivity index (χ2n) is 14.9. The normalized spacial score (nSPS) is 11.9. The summed E-state index contributed by atoms with van der Waals surface area (Å²) in [5, 5.41) is 11.7. The summed E-state index contributed by atoms with van der Waals surface area (Å²) in [5.41, 5.74) is 11.2. The maximum atomic E-state index is 6.64. The Bertz CT molecular complexity index is 3420. The van der Waals surface area contributed by atoms with E-state index in [1.165, 1.54) is 49.2 Å². The topological polar surface area (TPSA) is 29.5 Å². The third-order valence-corrected chi connectivity index (χ3v) is 11.6. The van der Waals surface area contributed by atoms with Gasteiger partial charge in [-0.15, -0.1) is 0 Å². The molecule has 12 aromatic rings. The number of anilines is 3. The van der Waals surface area contributed by atoms with E-state index in [2.05, 4.69) is 181 Å². The Morgan fingerprint density at radius 3 is 1.35 bits per heavy atom. The van der Waals surface area contributed by atoms with Crippen LogP contribution in [-0.2, 0) is 0 Å². The van der Waals surface area contributed by atoms with Gasteiger partial charge in [0.25, 0.3) is 0 Å². The van der Waals surface area contributed by atoms with Gasteiger partial charge in [-0.25, -0.2) is 0 Å². The standard InChI is InChI=1S/C54H33NO2/c1-2-10-34(11-3-1)35-25-28-43-40(31-35)22-23-41-32-38(26-29-44(41)43)36-20-21-39-33-42(27-24-37(39)30-36)55(49-16-8-14-47-45-12-4-6-18-51(45)56-53(47)49)50-17-9-15-48-46-13-5-7-19-52(46)57-54(48)50/h1-33H. The number of hydrogen-bond donors (Lipinski definition) is 0. The molecule has 0 N–H and O–H groups in total. The van der Waals surface area contributed by atoms with Crippen LogP contribution >= 0.6 is 0 Å². The fourth-order valence-electron chi connectivity index (χ4n) is 8.84. The minimum atomic E-state index is 0.836. The van der Waals surface area contributed by atoms with Crippen molar-refractivity contribution in [2.24, 2.45) is 0 Å². The molecule has 0 radical (unpaired) electrons. The molecule has 266 valence electrons. The van der Waals surface area contributed by atoms with Gasteiger partial charge in [0.05, 0.1) is 11.4 Å². The fraction of sp³-hybridized carbons (Fsp3) is 0. The average molecular weight is 728 g/mol. The maximum absolute atomic E-state index is 6.64. The number of nitrogens with zero attached hydrogens (tertiary/aromatic N) is 1. The molecule has 3 heteroatoms. The van der Waals surface area contributed by atoms with Gasteiger partial charge < -0.3 is 13.7 Å². The second-order valence-corrected chi connectivity index (χ2v) is 14.9. The average Bonchev–Trinajstić information content (AvgIpc) is 3.86. The number of benzene rings is 10. The first-order valence-electron chi connectivity index (χ1n) is 19.4. The minimum Gasteiger partial charge on any atom is -0.454 e. The molecular weight excluding hydrogens is 695 g/mol. The van der Waals surface area contributed by atoms with Crippen LogP contribution in [0.15, 0.2) is 209 Å². The minimum absolute atomic E-state index is 0.836. The van der Waals surface area contributed by atoms with Gasteiger partial charge in [0.1, 0.15) is 11.2 Å². The lowest BCUT2D eigenvalue weighted by molar-refractivity contribution is 0.666. The third kappa shape index (κ3) is 5.06. The number of para-hydroxylation sites is 4. The lowest BCUT2D eigenvalue weighted by Gasteiger charge is -2.26. The number of fused-ring (bicyclic) bond motifs is 10. The van der Waals surface area contributed by atoms with E-state index in [9.17, 15) is 0 Å². The van der Waals surface area contributed by atoms with Crippen molar-refractivity contribution in [1.29, 1.82) is 0 Å². The van der Waals surface area contributed by atoms with Crippen LogP contribution in [0.2, 0.25) is 0 Å².